The lowest BCUT2D eigenvalue weighted by molar-refractivity contribution is -0.118. The van der Waals surface area contributed by atoms with Crippen LogP contribution in [-0.4, -0.2) is 41.7 Å². The van der Waals surface area contributed by atoms with Gasteiger partial charge in [-0.3, -0.25) is 9.69 Å². The van der Waals surface area contributed by atoms with E-state index < -0.39 is 12.0 Å². The molecular weight excluding hydrogens is 296 g/mol. The largest absolute Gasteiger partial charge is 0.493 e. The van der Waals surface area contributed by atoms with Gasteiger partial charge < -0.3 is 15.6 Å². The summed E-state index contributed by atoms with van der Waals surface area (Å²) in [5.41, 5.74) is 5.02. The minimum atomic E-state index is -1.14. The molecule has 0 aliphatic heterocycles. The van der Waals surface area contributed by atoms with E-state index in [4.69, 9.17) is 15.6 Å². The summed E-state index contributed by atoms with van der Waals surface area (Å²) in [6.07, 6.45) is 0.148. The maximum absolute atomic E-state index is 11.0. The van der Waals surface area contributed by atoms with Crippen LogP contribution in [0.1, 0.15) is 12.8 Å². The zero-order valence-corrected chi connectivity index (χ0v) is 12.8. The van der Waals surface area contributed by atoms with Crippen molar-refractivity contribution in [2.24, 2.45) is 5.73 Å². The number of amides is 2. The van der Waals surface area contributed by atoms with Crippen LogP contribution in [0.25, 0.3) is 10.8 Å². The lowest BCUT2D eigenvalue weighted by Crippen LogP contribution is -2.38. The fourth-order valence-corrected chi connectivity index (χ4v) is 2.34. The Bertz CT molecular complexity index is 682. The Morgan fingerprint density at radius 2 is 1.83 bits per heavy atom. The number of carbonyl (C=O) groups is 2. The first-order valence-corrected chi connectivity index (χ1v) is 7.44. The number of hydrogen-bond donors (Lipinski definition) is 2. The van der Waals surface area contributed by atoms with Gasteiger partial charge in [0.1, 0.15) is 12.3 Å². The minimum absolute atomic E-state index is 0.261. The van der Waals surface area contributed by atoms with E-state index in [0.717, 1.165) is 21.4 Å². The molecule has 3 N–H and O–H groups in total. The zero-order chi connectivity index (χ0) is 16.7. The highest BCUT2D eigenvalue weighted by molar-refractivity contribution is 5.88. The molecular formula is C17H20N2O4. The van der Waals surface area contributed by atoms with Crippen molar-refractivity contribution in [1.82, 2.24) is 4.90 Å². The molecule has 0 bridgehead atoms. The molecule has 2 amide bonds. The number of hydrogen-bond acceptors (Lipinski definition) is 3. The van der Waals surface area contributed by atoms with Gasteiger partial charge in [-0.1, -0.05) is 36.4 Å². The van der Waals surface area contributed by atoms with Crippen molar-refractivity contribution in [3.8, 4) is 5.75 Å². The SMILES string of the molecule is NC(=O)CN(CCCCOc1cccc2ccccc12)C(=O)O. The molecule has 122 valence electrons. The predicted molar refractivity (Wildman–Crippen MR) is 87.5 cm³/mol. The third-order valence-electron chi connectivity index (χ3n) is 3.45. The monoisotopic (exact) mass is 316 g/mol. The van der Waals surface area contributed by atoms with Gasteiger partial charge >= 0.3 is 6.09 Å². The Morgan fingerprint density at radius 3 is 2.57 bits per heavy atom. The number of nitrogens with zero attached hydrogens (tertiary/aromatic N) is 1. The quantitative estimate of drug-likeness (QED) is 0.732. The normalized spacial score (nSPS) is 10.4. The third kappa shape index (κ3) is 4.88. The Morgan fingerprint density at radius 1 is 1.09 bits per heavy atom. The molecule has 0 aliphatic rings. The van der Waals surface area contributed by atoms with Crippen molar-refractivity contribution in [3.63, 3.8) is 0 Å². The van der Waals surface area contributed by atoms with Crippen LogP contribution in [0.15, 0.2) is 42.5 Å². The number of ether oxygens (including phenoxy) is 1. The molecule has 2 rings (SSSR count). The number of fused-ring (bicyclic) bond motifs is 1. The highest BCUT2D eigenvalue weighted by Crippen LogP contribution is 2.25. The summed E-state index contributed by atoms with van der Waals surface area (Å²) in [6, 6.07) is 13.8. The van der Waals surface area contributed by atoms with Crippen molar-refractivity contribution >= 4 is 22.8 Å². The summed E-state index contributed by atoms with van der Waals surface area (Å²) in [5.74, 6) is 0.162. The molecule has 0 radical (unpaired) electrons. The number of carbonyl (C=O) groups excluding carboxylic acids is 1. The van der Waals surface area contributed by atoms with Crippen molar-refractivity contribution in [2.75, 3.05) is 19.7 Å². The lowest BCUT2D eigenvalue weighted by atomic mass is 10.1. The van der Waals surface area contributed by atoms with Gasteiger partial charge in [0, 0.05) is 11.9 Å². The van der Waals surface area contributed by atoms with E-state index in [1.54, 1.807) is 0 Å². The van der Waals surface area contributed by atoms with Crippen LogP contribution in [0, 0.1) is 0 Å². The molecule has 0 aromatic heterocycles. The summed E-state index contributed by atoms with van der Waals surface area (Å²) < 4.78 is 5.79. The van der Waals surface area contributed by atoms with Crippen LogP contribution in [-0.2, 0) is 4.79 Å². The fraction of sp³-hybridized carbons (Fsp3) is 0.294. The molecule has 0 saturated carbocycles. The molecule has 0 saturated heterocycles. The Hall–Kier alpha value is -2.76. The summed E-state index contributed by atoms with van der Waals surface area (Å²) in [4.78, 5) is 22.8. The molecule has 0 aliphatic carbocycles. The fourth-order valence-electron chi connectivity index (χ4n) is 2.34. The van der Waals surface area contributed by atoms with Gasteiger partial charge in [-0.25, -0.2) is 4.79 Å². The van der Waals surface area contributed by atoms with Crippen molar-refractivity contribution < 1.29 is 19.4 Å². The average molecular weight is 316 g/mol. The zero-order valence-electron chi connectivity index (χ0n) is 12.8. The molecule has 0 atom stereocenters. The lowest BCUT2D eigenvalue weighted by Gasteiger charge is -2.17. The summed E-state index contributed by atoms with van der Waals surface area (Å²) in [5, 5.41) is 11.1. The molecule has 6 heteroatoms. The summed E-state index contributed by atoms with van der Waals surface area (Å²) in [7, 11) is 0. The first kappa shape index (κ1) is 16.6. The number of carboxylic acid groups (broad SMARTS) is 1. The van der Waals surface area contributed by atoms with E-state index in [9.17, 15) is 9.59 Å². The second kappa shape index (κ2) is 8.03. The van der Waals surface area contributed by atoms with Gasteiger partial charge in [0.15, 0.2) is 0 Å². The molecule has 2 aromatic rings. The van der Waals surface area contributed by atoms with Gasteiger partial charge in [-0.2, -0.15) is 0 Å². The predicted octanol–water partition coefficient (Wildman–Crippen LogP) is 2.46. The molecule has 2 aromatic carbocycles. The second-order valence-corrected chi connectivity index (χ2v) is 5.20. The van der Waals surface area contributed by atoms with Gasteiger partial charge in [-0.15, -0.1) is 0 Å². The van der Waals surface area contributed by atoms with Crippen LogP contribution in [0.4, 0.5) is 4.79 Å². The molecule has 23 heavy (non-hydrogen) atoms. The van der Waals surface area contributed by atoms with E-state index in [-0.39, 0.29) is 13.1 Å². The molecule has 0 unspecified atom stereocenters. The van der Waals surface area contributed by atoms with E-state index in [2.05, 4.69) is 0 Å². The van der Waals surface area contributed by atoms with Gasteiger partial charge in [-0.05, 0) is 24.3 Å². The standard InChI is InChI=1S/C17H20N2O4/c18-16(20)12-19(17(21)22)10-3-4-11-23-15-9-5-7-13-6-1-2-8-14(13)15/h1-2,5-9H,3-4,10-12H2,(H2,18,20)(H,21,22). The van der Waals surface area contributed by atoms with Gasteiger partial charge in [0.05, 0.1) is 6.61 Å². The summed E-state index contributed by atoms with van der Waals surface area (Å²) in [6.45, 7) is 0.467. The molecule has 0 heterocycles. The third-order valence-corrected chi connectivity index (χ3v) is 3.45. The highest BCUT2D eigenvalue weighted by atomic mass is 16.5. The maximum atomic E-state index is 11.0. The first-order chi connectivity index (χ1) is 11.1. The summed E-state index contributed by atoms with van der Waals surface area (Å²) >= 11 is 0. The molecule has 0 spiro atoms. The Labute approximate surface area is 134 Å². The van der Waals surface area contributed by atoms with Crippen LogP contribution in [0.3, 0.4) is 0 Å². The van der Waals surface area contributed by atoms with E-state index in [1.807, 2.05) is 42.5 Å². The number of nitrogens with two attached hydrogens (primary N) is 1. The second-order valence-electron chi connectivity index (χ2n) is 5.20. The van der Waals surface area contributed by atoms with Crippen LogP contribution < -0.4 is 10.5 Å². The number of primary amides is 1. The van der Waals surface area contributed by atoms with E-state index in [1.165, 1.54) is 0 Å². The van der Waals surface area contributed by atoms with Crippen molar-refractivity contribution in [3.05, 3.63) is 42.5 Å². The smallest absolute Gasteiger partial charge is 0.407 e. The van der Waals surface area contributed by atoms with E-state index >= 15 is 0 Å². The number of benzene rings is 2. The van der Waals surface area contributed by atoms with Gasteiger partial charge in [0.2, 0.25) is 5.91 Å². The first-order valence-electron chi connectivity index (χ1n) is 7.44. The van der Waals surface area contributed by atoms with Gasteiger partial charge in [0.25, 0.3) is 0 Å². The maximum Gasteiger partial charge on any atom is 0.407 e. The number of rotatable bonds is 8. The molecule has 6 nitrogen and oxygen atoms in total. The minimum Gasteiger partial charge on any atom is -0.493 e. The van der Waals surface area contributed by atoms with Crippen molar-refractivity contribution in [2.45, 2.75) is 12.8 Å². The highest BCUT2D eigenvalue weighted by Gasteiger charge is 2.13. The van der Waals surface area contributed by atoms with Crippen LogP contribution in [0.2, 0.25) is 0 Å². The molecule has 0 fully saturated rings. The Balaban J connectivity index is 1.80. The average Bonchev–Trinajstić information content (AvgIpc) is 2.53. The number of unbranched alkanes of at least 4 members (excludes halogenated alkanes) is 1. The van der Waals surface area contributed by atoms with Crippen LogP contribution in [0.5, 0.6) is 5.75 Å². The Kier molecular flexibility index (Phi) is 5.80. The van der Waals surface area contributed by atoms with Crippen LogP contribution >= 0.6 is 0 Å². The van der Waals surface area contributed by atoms with Crippen molar-refractivity contribution in [1.29, 1.82) is 0 Å². The topological polar surface area (TPSA) is 92.9 Å². The van der Waals surface area contributed by atoms with E-state index in [0.29, 0.717) is 19.4 Å².